The van der Waals surface area contributed by atoms with Gasteiger partial charge < -0.3 is 10.1 Å². The van der Waals surface area contributed by atoms with Crippen molar-refractivity contribution in [3.63, 3.8) is 0 Å². The first-order valence-corrected chi connectivity index (χ1v) is 5.54. The molecule has 5 heteroatoms. The lowest BCUT2D eigenvalue weighted by molar-refractivity contribution is 0.0593. The summed E-state index contributed by atoms with van der Waals surface area (Å²) in [5, 5.41) is 3.32. The number of nitrogens with zero attached hydrogens (tertiary/aromatic N) is 2. The van der Waals surface area contributed by atoms with Gasteiger partial charge in [-0.25, -0.2) is 9.78 Å². The van der Waals surface area contributed by atoms with Gasteiger partial charge in [0.15, 0.2) is 5.69 Å². The van der Waals surface area contributed by atoms with Gasteiger partial charge in [-0.15, -0.1) is 0 Å². The molecule has 1 atom stereocenters. The molecule has 1 N–H and O–H groups in total. The van der Waals surface area contributed by atoms with E-state index < -0.39 is 5.97 Å². The Kier molecular flexibility index (Phi) is 3.49. The Labute approximate surface area is 99.9 Å². The van der Waals surface area contributed by atoms with E-state index in [1.807, 2.05) is 0 Å². The first kappa shape index (κ1) is 11.7. The Hall–Kier alpha value is -1.75. The number of ether oxygens (including phenoxy) is 1. The zero-order valence-corrected chi connectivity index (χ0v) is 9.93. The zero-order valence-electron chi connectivity index (χ0n) is 9.93. The summed E-state index contributed by atoms with van der Waals surface area (Å²) in [7, 11) is 1.33. The Morgan fingerprint density at radius 2 is 2.29 bits per heavy atom. The summed E-state index contributed by atoms with van der Waals surface area (Å²) in [4.78, 5) is 19.5. The number of methoxy groups -OCH3 is 1. The van der Waals surface area contributed by atoms with Gasteiger partial charge >= 0.3 is 5.97 Å². The van der Waals surface area contributed by atoms with E-state index in [4.69, 9.17) is 0 Å². The van der Waals surface area contributed by atoms with Crippen LogP contribution in [-0.4, -0.2) is 35.6 Å². The molecule has 0 amide bonds. The highest BCUT2D eigenvalue weighted by molar-refractivity contribution is 5.86. The molecule has 1 aromatic heterocycles. The molecule has 2 heterocycles. The Balaban J connectivity index is 2.18. The molecule has 0 fully saturated rings. The molecule has 1 unspecified atom stereocenters. The molecule has 5 nitrogen and oxygen atoms in total. The van der Waals surface area contributed by atoms with Crippen molar-refractivity contribution in [2.75, 3.05) is 13.7 Å². The number of aromatic nitrogens is 2. The van der Waals surface area contributed by atoms with Gasteiger partial charge in [-0.1, -0.05) is 6.08 Å². The summed E-state index contributed by atoms with van der Waals surface area (Å²) in [6.45, 7) is 2.97. The average molecular weight is 233 g/mol. The Morgan fingerprint density at radius 3 is 2.88 bits per heavy atom. The van der Waals surface area contributed by atoms with Gasteiger partial charge in [-0.05, 0) is 18.9 Å². The van der Waals surface area contributed by atoms with E-state index in [1.54, 1.807) is 6.20 Å². The molecule has 0 aromatic carbocycles. The van der Waals surface area contributed by atoms with E-state index >= 15 is 0 Å². The maximum absolute atomic E-state index is 11.2. The van der Waals surface area contributed by atoms with Gasteiger partial charge in [-0.2, -0.15) is 0 Å². The minimum atomic E-state index is -0.461. The largest absolute Gasteiger partial charge is 0.464 e. The van der Waals surface area contributed by atoms with Crippen molar-refractivity contribution in [2.45, 2.75) is 19.4 Å². The molecular formula is C12H15N3O2. The van der Waals surface area contributed by atoms with E-state index in [-0.39, 0.29) is 5.69 Å². The SMILES string of the molecule is COC(=O)c1cnc(C2=CCNC(C)C2)cn1. The van der Waals surface area contributed by atoms with Crippen LogP contribution >= 0.6 is 0 Å². The fraction of sp³-hybridized carbons (Fsp3) is 0.417. The first-order chi connectivity index (χ1) is 8.20. The molecule has 1 aromatic rings. The van der Waals surface area contributed by atoms with Crippen LogP contribution in [0.4, 0.5) is 0 Å². The minimum Gasteiger partial charge on any atom is -0.464 e. The summed E-state index contributed by atoms with van der Waals surface area (Å²) < 4.78 is 4.57. The van der Waals surface area contributed by atoms with Crippen LogP contribution in [0.25, 0.3) is 5.57 Å². The van der Waals surface area contributed by atoms with Crippen molar-refractivity contribution in [1.82, 2.24) is 15.3 Å². The summed E-state index contributed by atoms with van der Waals surface area (Å²) in [6.07, 6.45) is 6.10. The second-order valence-corrected chi connectivity index (χ2v) is 4.02. The van der Waals surface area contributed by atoms with E-state index in [9.17, 15) is 4.79 Å². The number of hydrogen-bond acceptors (Lipinski definition) is 5. The van der Waals surface area contributed by atoms with Crippen molar-refractivity contribution in [2.24, 2.45) is 0 Å². The van der Waals surface area contributed by atoms with E-state index in [0.717, 1.165) is 18.7 Å². The van der Waals surface area contributed by atoms with Gasteiger partial charge in [0.1, 0.15) is 0 Å². The van der Waals surface area contributed by atoms with Crippen LogP contribution in [-0.2, 0) is 4.74 Å². The minimum absolute atomic E-state index is 0.235. The van der Waals surface area contributed by atoms with E-state index in [2.05, 4.69) is 33.0 Å². The van der Waals surface area contributed by atoms with Crippen LogP contribution in [0.5, 0.6) is 0 Å². The lowest BCUT2D eigenvalue weighted by atomic mass is 10.0. The van der Waals surface area contributed by atoms with Gasteiger partial charge in [-0.3, -0.25) is 4.98 Å². The first-order valence-electron chi connectivity index (χ1n) is 5.54. The van der Waals surface area contributed by atoms with Gasteiger partial charge in [0, 0.05) is 12.6 Å². The summed E-state index contributed by atoms with van der Waals surface area (Å²) >= 11 is 0. The molecule has 0 aliphatic carbocycles. The second-order valence-electron chi connectivity index (χ2n) is 4.02. The molecule has 0 spiro atoms. The van der Waals surface area contributed by atoms with Gasteiger partial charge in [0.25, 0.3) is 0 Å². The number of rotatable bonds is 2. The lowest BCUT2D eigenvalue weighted by Gasteiger charge is -2.20. The second kappa shape index (κ2) is 5.05. The average Bonchev–Trinajstić information content (AvgIpc) is 2.38. The maximum Gasteiger partial charge on any atom is 0.358 e. The number of esters is 1. The fourth-order valence-corrected chi connectivity index (χ4v) is 1.78. The molecule has 0 saturated carbocycles. The molecule has 2 rings (SSSR count). The quantitative estimate of drug-likeness (QED) is 0.773. The van der Waals surface area contributed by atoms with Crippen LogP contribution in [0.15, 0.2) is 18.5 Å². The number of carbonyl (C=O) groups is 1. The van der Waals surface area contributed by atoms with Crippen LogP contribution in [0, 0.1) is 0 Å². The molecule has 1 aliphatic rings. The molecule has 90 valence electrons. The van der Waals surface area contributed by atoms with Crippen LogP contribution in [0.1, 0.15) is 29.5 Å². The van der Waals surface area contributed by atoms with Crippen molar-refractivity contribution >= 4 is 11.5 Å². The summed E-state index contributed by atoms with van der Waals surface area (Å²) in [5.74, 6) is -0.461. The molecule has 0 radical (unpaired) electrons. The predicted molar refractivity (Wildman–Crippen MR) is 63.4 cm³/mol. The van der Waals surface area contributed by atoms with Crippen LogP contribution < -0.4 is 5.32 Å². The molecule has 0 saturated heterocycles. The fourth-order valence-electron chi connectivity index (χ4n) is 1.78. The number of nitrogens with one attached hydrogen (secondary N) is 1. The molecule has 17 heavy (non-hydrogen) atoms. The highest BCUT2D eigenvalue weighted by Crippen LogP contribution is 2.19. The molecular weight excluding hydrogens is 218 g/mol. The third kappa shape index (κ3) is 2.68. The normalized spacial score (nSPS) is 19.6. The maximum atomic E-state index is 11.2. The van der Waals surface area contributed by atoms with Crippen molar-refractivity contribution in [1.29, 1.82) is 0 Å². The third-order valence-corrected chi connectivity index (χ3v) is 2.72. The van der Waals surface area contributed by atoms with Crippen LogP contribution in [0.2, 0.25) is 0 Å². The number of hydrogen-bond donors (Lipinski definition) is 1. The Morgan fingerprint density at radius 1 is 1.47 bits per heavy atom. The van der Waals surface area contributed by atoms with E-state index in [0.29, 0.717) is 6.04 Å². The molecule has 1 aliphatic heterocycles. The monoisotopic (exact) mass is 233 g/mol. The van der Waals surface area contributed by atoms with Gasteiger partial charge in [0.2, 0.25) is 0 Å². The Bertz CT molecular complexity index is 440. The predicted octanol–water partition coefficient (Wildman–Crippen LogP) is 1.03. The molecule has 0 bridgehead atoms. The van der Waals surface area contributed by atoms with Crippen molar-refractivity contribution in [3.05, 3.63) is 29.9 Å². The smallest absolute Gasteiger partial charge is 0.358 e. The van der Waals surface area contributed by atoms with E-state index in [1.165, 1.54) is 18.9 Å². The van der Waals surface area contributed by atoms with Crippen molar-refractivity contribution < 1.29 is 9.53 Å². The number of carbonyl (C=O) groups excluding carboxylic acids is 1. The van der Waals surface area contributed by atoms with Crippen LogP contribution in [0.3, 0.4) is 0 Å². The van der Waals surface area contributed by atoms with Crippen molar-refractivity contribution in [3.8, 4) is 0 Å². The third-order valence-electron chi connectivity index (χ3n) is 2.72. The highest BCUT2D eigenvalue weighted by Gasteiger charge is 2.14. The summed E-state index contributed by atoms with van der Waals surface area (Å²) in [6, 6.07) is 0.442. The summed E-state index contributed by atoms with van der Waals surface area (Å²) in [5.41, 5.74) is 2.23. The highest BCUT2D eigenvalue weighted by atomic mass is 16.5. The standard InChI is InChI=1S/C12H15N3O2/c1-8-5-9(3-4-13-8)10-6-15-11(7-14-10)12(16)17-2/h3,6-8,13H,4-5H2,1-2H3. The van der Waals surface area contributed by atoms with Gasteiger partial charge in [0.05, 0.1) is 25.2 Å². The lowest BCUT2D eigenvalue weighted by Crippen LogP contribution is -2.30. The zero-order chi connectivity index (χ0) is 12.3. The topological polar surface area (TPSA) is 64.1 Å².